The van der Waals surface area contributed by atoms with Crippen molar-refractivity contribution in [1.29, 1.82) is 0 Å². The van der Waals surface area contributed by atoms with Gasteiger partial charge < -0.3 is 16.0 Å². The predicted octanol–water partition coefficient (Wildman–Crippen LogP) is 3.42. The molecule has 2 aromatic rings. The fourth-order valence-electron chi connectivity index (χ4n) is 2.44. The number of thiophene rings is 1. The van der Waals surface area contributed by atoms with Crippen LogP contribution in [0.5, 0.6) is 0 Å². The molecule has 27 heavy (non-hydrogen) atoms. The Morgan fingerprint density at radius 1 is 0.926 bits per heavy atom. The molecule has 3 amide bonds. The Kier molecular flexibility index (Phi) is 5.32. The Labute approximate surface area is 162 Å². The highest BCUT2D eigenvalue weighted by molar-refractivity contribution is 7.14. The molecule has 7 heteroatoms. The number of hydrogen-bond donors (Lipinski definition) is 3. The van der Waals surface area contributed by atoms with Crippen LogP contribution in [0.25, 0.3) is 0 Å². The van der Waals surface area contributed by atoms with Gasteiger partial charge in [0.2, 0.25) is 0 Å². The van der Waals surface area contributed by atoms with E-state index in [2.05, 4.69) is 16.0 Å². The second-order valence-corrected chi connectivity index (χ2v) is 8.56. The number of carbonyl (C=O) groups is 3. The molecule has 1 fully saturated rings. The lowest BCUT2D eigenvalue weighted by Crippen LogP contribution is -2.40. The average Bonchev–Trinajstić information content (AvgIpc) is 3.28. The van der Waals surface area contributed by atoms with Crippen molar-refractivity contribution in [2.75, 3.05) is 5.32 Å². The molecule has 1 aromatic carbocycles. The van der Waals surface area contributed by atoms with Crippen LogP contribution in [-0.2, 0) is 0 Å². The van der Waals surface area contributed by atoms with Gasteiger partial charge >= 0.3 is 0 Å². The summed E-state index contributed by atoms with van der Waals surface area (Å²) in [5.74, 6) is -0.671. The van der Waals surface area contributed by atoms with Crippen molar-refractivity contribution in [2.45, 2.75) is 45.2 Å². The lowest BCUT2D eigenvalue weighted by Gasteiger charge is -2.20. The summed E-state index contributed by atoms with van der Waals surface area (Å²) in [4.78, 5) is 36.9. The third kappa shape index (κ3) is 5.17. The molecule has 6 nitrogen and oxygen atoms in total. The lowest BCUT2D eigenvalue weighted by molar-refractivity contribution is 0.0916. The van der Waals surface area contributed by atoms with Gasteiger partial charge in [-0.1, -0.05) is 0 Å². The summed E-state index contributed by atoms with van der Waals surface area (Å²) >= 11 is 1.31. The van der Waals surface area contributed by atoms with Crippen LogP contribution in [0, 0.1) is 0 Å². The van der Waals surface area contributed by atoms with Gasteiger partial charge in [-0.25, -0.2) is 0 Å². The van der Waals surface area contributed by atoms with Crippen molar-refractivity contribution in [3.8, 4) is 0 Å². The van der Waals surface area contributed by atoms with Crippen molar-refractivity contribution < 1.29 is 14.4 Å². The van der Waals surface area contributed by atoms with Crippen LogP contribution >= 0.6 is 11.3 Å². The van der Waals surface area contributed by atoms with Gasteiger partial charge in [-0.15, -0.1) is 11.3 Å². The fourth-order valence-corrected chi connectivity index (χ4v) is 3.22. The van der Waals surface area contributed by atoms with Crippen LogP contribution < -0.4 is 16.0 Å². The molecular formula is C20H23N3O3S. The van der Waals surface area contributed by atoms with E-state index < -0.39 is 0 Å². The smallest absolute Gasteiger partial charge is 0.256 e. The first-order valence-corrected chi connectivity index (χ1v) is 9.73. The van der Waals surface area contributed by atoms with Gasteiger partial charge in [-0.2, -0.15) is 0 Å². The van der Waals surface area contributed by atoms with Crippen LogP contribution in [-0.4, -0.2) is 29.3 Å². The first kappa shape index (κ1) is 19.1. The molecule has 0 radical (unpaired) electrons. The predicted molar refractivity (Wildman–Crippen MR) is 106 cm³/mol. The minimum atomic E-state index is -0.330. The summed E-state index contributed by atoms with van der Waals surface area (Å²) in [6.45, 7) is 5.72. The summed E-state index contributed by atoms with van der Waals surface area (Å²) in [6.07, 6.45) is 2.01. The summed E-state index contributed by atoms with van der Waals surface area (Å²) in [6, 6.07) is 8.40. The molecule has 1 heterocycles. The zero-order valence-electron chi connectivity index (χ0n) is 15.6. The summed E-state index contributed by atoms with van der Waals surface area (Å²) < 4.78 is 0. The largest absolute Gasteiger partial charge is 0.349 e. The summed E-state index contributed by atoms with van der Waals surface area (Å²) in [5.41, 5.74) is 1.05. The number of rotatable bonds is 5. The second-order valence-electron chi connectivity index (χ2n) is 7.65. The quantitative estimate of drug-likeness (QED) is 0.737. The number of hydrogen-bond acceptors (Lipinski definition) is 4. The zero-order chi connectivity index (χ0) is 19.6. The molecule has 0 spiro atoms. The normalized spacial score (nSPS) is 13.7. The van der Waals surface area contributed by atoms with Crippen LogP contribution in [0.2, 0.25) is 0 Å². The first-order valence-electron chi connectivity index (χ1n) is 8.85. The minimum Gasteiger partial charge on any atom is -0.349 e. The van der Waals surface area contributed by atoms with Gasteiger partial charge in [0.05, 0.1) is 5.56 Å². The second kappa shape index (κ2) is 7.52. The molecule has 0 atom stereocenters. The third-order valence-electron chi connectivity index (χ3n) is 3.95. The van der Waals surface area contributed by atoms with E-state index in [0.29, 0.717) is 21.7 Å². The molecule has 0 aliphatic heterocycles. The Balaban J connectivity index is 1.66. The summed E-state index contributed by atoms with van der Waals surface area (Å²) in [7, 11) is 0. The minimum absolute atomic E-state index is 0.164. The number of benzene rings is 1. The van der Waals surface area contributed by atoms with Gasteiger partial charge in [0.1, 0.15) is 5.00 Å². The van der Waals surface area contributed by atoms with Gasteiger partial charge in [0.15, 0.2) is 0 Å². The Bertz CT molecular complexity index is 861. The zero-order valence-corrected chi connectivity index (χ0v) is 16.4. The first-order chi connectivity index (χ1) is 12.7. The van der Waals surface area contributed by atoms with E-state index in [9.17, 15) is 14.4 Å². The monoisotopic (exact) mass is 385 g/mol. The van der Waals surface area contributed by atoms with Crippen LogP contribution in [0.15, 0.2) is 35.7 Å². The van der Waals surface area contributed by atoms with Gasteiger partial charge in [-0.3, -0.25) is 14.4 Å². The Morgan fingerprint density at radius 2 is 1.52 bits per heavy atom. The molecule has 3 N–H and O–H groups in total. The average molecular weight is 385 g/mol. The van der Waals surface area contributed by atoms with Gasteiger partial charge in [0.25, 0.3) is 17.7 Å². The molecule has 1 aliphatic rings. The van der Waals surface area contributed by atoms with Crippen molar-refractivity contribution in [3.05, 3.63) is 52.4 Å². The van der Waals surface area contributed by atoms with Crippen molar-refractivity contribution in [1.82, 2.24) is 10.6 Å². The van der Waals surface area contributed by atoms with Gasteiger partial charge in [0, 0.05) is 22.7 Å². The van der Waals surface area contributed by atoms with E-state index >= 15 is 0 Å². The van der Waals surface area contributed by atoms with Crippen molar-refractivity contribution in [2.24, 2.45) is 0 Å². The maximum Gasteiger partial charge on any atom is 0.256 e. The molecule has 1 aromatic heterocycles. The highest BCUT2D eigenvalue weighted by Gasteiger charge is 2.25. The number of amides is 3. The van der Waals surface area contributed by atoms with Crippen LogP contribution in [0.3, 0.4) is 0 Å². The van der Waals surface area contributed by atoms with E-state index in [-0.39, 0.29) is 29.3 Å². The SMILES string of the molecule is CC(C)(C)NC(=O)c1ccc(C(=O)Nc2sccc2C(=O)NC2CC2)cc1. The molecule has 1 aliphatic carbocycles. The summed E-state index contributed by atoms with van der Waals surface area (Å²) in [5, 5.41) is 10.9. The molecular weight excluding hydrogens is 362 g/mol. The van der Waals surface area contributed by atoms with E-state index in [0.717, 1.165) is 12.8 Å². The van der Waals surface area contributed by atoms with Crippen molar-refractivity contribution >= 4 is 34.1 Å². The number of anilines is 1. The van der Waals surface area contributed by atoms with Gasteiger partial charge in [-0.05, 0) is 69.3 Å². The van der Waals surface area contributed by atoms with E-state index in [1.165, 1.54) is 11.3 Å². The molecule has 0 bridgehead atoms. The fraction of sp³-hybridized carbons (Fsp3) is 0.350. The maximum absolute atomic E-state index is 12.5. The highest BCUT2D eigenvalue weighted by Crippen LogP contribution is 2.26. The van der Waals surface area contributed by atoms with Crippen LogP contribution in [0.1, 0.15) is 64.7 Å². The maximum atomic E-state index is 12.5. The molecule has 0 saturated heterocycles. The highest BCUT2D eigenvalue weighted by atomic mass is 32.1. The van der Waals surface area contributed by atoms with E-state index in [1.807, 2.05) is 20.8 Å². The number of nitrogens with one attached hydrogen (secondary N) is 3. The molecule has 3 rings (SSSR count). The molecule has 0 unspecified atom stereocenters. The molecule has 1 saturated carbocycles. The lowest BCUT2D eigenvalue weighted by atomic mass is 10.1. The topological polar surface area (TPSA) is 87.3 Å². The molecule has 142 valence electrons. The standard InChI is InChI=1S/C20H23N3O3S/c1-20(2,3)23-17(25)13-6-4-12(5-7-13)16(24)22-19-15(10-11-27-19)18(26)21-14-8-9-14/h4-7,10-11,14H,8-9H2,1-3H3,(H,21,26)(H,22,24)(H,23,25). The van der Waals surface area contributed by atoms with E-state index in [4.69, 9.17) is 0 Å². The van der Waals surface area contributed by atoms with E-state index in [1.54, 1.807) is 35.7 Å². The third-order valence-corrected chi connectivity index (χ3v) is 4.78. The Morgan fingerprint density at radius 3 is 2.07 bits per heavy atom. The Hall–Kier alpha value is -2.67. The number of carbonyl (C=O) groups excluding carboxylic acids is 3. The van der Waals surface area contributed by atoms with Crippen LogP contribution in [0.4, 0.5) is 5.00 Å². The van der Waals surface area contributed by atoms with Crippen molar-refractivity contribution in [3.63, 3.8) is 0 Å².